The normalized spacial score (nSPS) is 11.0. The van der Waals surface area contributed by atoms with Gasteiger partial charge in [0.15, 0.2) is 0 Å². The summed E-state index contributed by atoms with van der Waals surface area (Å²) in [5.74, 6) is 0.422. The van der Waals surface area contributed by atoms with Crippen LogP contribution in [0, 0.1) is 13.8 Å². The van der Waals surface area contributed by atoms with Crippen molar-refractivity contribution >= 4 is 21.6 Å². The molecular formula is C22H23N3O4S. The molecule has 3 rings (SSSR count). The molecule has 0 fully saturated rings. The fourth-order valence-electron chi connectivity index (χ4n) is 3.02. The summed E-state index contributed by atoms with van der Waals surface area (Å²) in [5, 5.41) is 2.80. The highest BCUT2D eigenvalue weighted by Gasteiger charge is 2.16. The van der Waals surface area contributed by atoms with E-state index < -0.39 is 10.0 Å². The van der Waals surface area contributed by atoms with Crippen molar-refractivity contribution in [1.29, 1.82) is 0 Å². The highest BCUT2D eigenvalue weighted by Crippen LogP contribution is 2.24. The molecule has 0 bridgehead atoms. The molecule has 0 saturated carbocycles. The largest absolute Gasteiger partial charge is 0.496 e. The predicted octanol–water partition coefficient (Wildman–Crippen LogP) is 3.44. The molecule has 156 valence electrons. The third-order valence-electron chi connectivity index (χ3n) is 4.62. The van der Waals surface area contributed by atoms with Crippen molar-refractivity contribution < 1.29 is 17.9 Å². The van der Waals surface area contributed by atoms with Gasteiger partial charge >= 0.3 is 0 Å². The Balaban J connectivity index is 1.68. The molecule has 0 radical (unpaired) electrons. The number of hydrogen-bond acceptors (Lipinski definition) is 5. The summed E-state index contributed by atoms with van der Waals surface area (Å²) >= 11 is 0. The summed E-state index contributed by atoms with van der Waals surface area (Å²) in [4.78, 5) is 16.9. The quantitative estimate of drug-likeness (QED) is 0.604. The average molecular weight is 426 g/mol. The fraction of sp³-hybridized carbons (Fsp3) is 0.182. The first-order valence-corrected chi connectivity index (χ1v) is 10.8. The van der Waals surface area contributed by atoms with E-state index in [1.807, 2.05) is 13.8 Å². The number of ether oxygens (including phenoxy) is 1. The molecule has 0 spiro atoms. The first-order valence-electron chi connectivity index (χ1n) is 9.27. The lowest BCUT2D eigenvalue weighted by Crippen LogP contribution is -2.24. The minimum Gasteiger partial charge on any atom is -0.496 e. The van der Waals surface area contributed by atoms with Crippen LogP contribution in [0.15, 0.2) is 65.7 Å². The second-order valence-electron chi connectivity index (χ2n) is 6.72. The van der Waals surface area contributed by atoms with Crippen molar-refractivity contribution in [2.24, 2.45) is 0 Å². The van der Waals surface area contributed by atoms with Crippen LogP contribution < -0.4 is 14.8 Å². The van der Waals surface area contributed by atoms with Crippen LogP contribution in [0.2, 0.25) is 0 Å². The number of carbonyl (C=O) groups is 1. The second kappa shape index (κ2) is 8.96. The second-order valence-corrected chi connectivity index (χ2v) is 8.41. The number of rotatable bonds is 7. The number of para-hydroxylation sites is 1. The van der Waals surface area contributed by atoms with Gasteiger partial charge in [0.1, 0.15) is 5.75 Å². The molecular weight excluding hydrogens is 402 g/mol. The SMILES string of the molecule is COc1c(C)cnc(CNC(=O)c2ccc(S(=O)(=O)Nc3ccccc3)cc2)c1C. The number of sulfonamides is 1. The standard InChI is InChI=1S/C22H23N3O4S/c1-15-13-23-20(16(2)21(15)29-3)14-24-22(26)17-9-11-19(12-10-17)30(27,28)25-18-7-5-4-6-8-18/h4-13,25H,14H2,1-3H3,(H,24,26). The van der Waals surface area contributed by atoms with E-state index in [4.69, 9.17) is 4.74 Å². The van der Waals surface area contributed by atoms with Crippen LogP contribution in [-0.2, 0) is 16.6 Å². The van der Waals surface area contributed by atoms with E-state index in [9.17, 15) is 13.2 Å². The molecule has 0 aliphatic carbocycles. The Hall–Kier alpha value is -3.39. The van der Waals surface area contributed by atoms with Crippen LogP contribution in [-0.4, -0.2) is 26.4 Å². The third kappa shape index (κ3) is 4.77. The van der Waals surface area contributed by atoms with Crippen molar-refractivity contribution in [3.63, 3.8) is 0 Å². The maximum absolute atomic E-state index is 12.5. The van der Waals surface area contributed by atoms with Gasteiger partial charge in [0.2, 0.25) is 0 Å². The van der Waals surface area contributed by atoms with Gasteiger partial charge in [0.05, 0.1) is 24.2 Å². The lowest BCUT2D eigenvalue weighted by Gasteiger charge is -2.13. The van der Waals surface area contributed by atoms with Crippen molar-refractivity contribution in [1.82, 2.24) is 10.3 Å². The Bertz CT molecular complexity index is 1150. The molecule has 7 nitrogen and oxygen atoms in total. The van der Waals surface area contributed by atoms with Crippen LogP contribution in [0.5, 0.6) is 5.75 Å². The van der Waals surface area contributed by atoms with Crippen LogP contribution >= 0.6 is 0 Å². The maximum atomic E-state index is 12.5. The predicted molar refractivity (Wildman–Crippen MR) is 115 cm³/mol. The van der Waals surface area contributed by atoms with Crippen molar-refractivity contribution in [3.05, 3.63) is 83.2 Å². The molecule has 2 aromatic carbocycles. The van der Waals surface area contributed by atoms with Crippen LogP contribution in [0.3, 0.4) is 0 Å². The Labute approximate surface area is 176 Å². The van der Waals surface area contributed by atoms with Gasteiger partial charge in [-0.3, -0.25) is 14.5 Å². The molecule has 0 unspecified atom stereocenters. The first kappa shape index (κ1) is 21.3. The monoisotopic (exact) mass is 425 g/mol. The zero-order valence-electron chi connectivity index (χ0n) is 17.0. The Morgan fingerprint density at radius 1 is 1.03 bits per heavy atom. The van der Waals surface area contributed by atoms with E-state index in [0.717, 1.165) is 16.9 Å². The number of anilines is 1. The number of nitrogens with one attached hydrogen (secondary N) is 2. The number of methoxy groups -OCH3 is 1. The molecule has 1 heterocycles. The molecule has 2 N–H and O–H groups in total. The first-order chi connectivity index (χ1) is 14.3. The minimum atomic E-state index is -3.73. The van der Waals surface area contributed by atoms with E-state index in [1.165, 1.54) is 24.3 Å². The van der Waals surface area contributed by atoms with E-state index in [0.29, 0.717) is 16.9 Å². The smallest absolute Gasteiger partial charge is 0.261 e. The number of amides is 1. The molecule has 30 heavy (non-hydrogen) atoms. The molecule has 0 atom stereocenters. The van der Waals surface area contributed by atoms with Gasteiger partial charge in [-0.15, -0.1) is 0 Å². The molecule has 8 heteroatoms. The third-order valence-corrected chi connectivity index (χ3v) is 6.02. The van der Waals surface area contributed by atoms with Crippen molar-refractivity contribution in [2.75, 3.05) is 11.8 Å². The number of aromatic nitrogens is 1. The van der Waals surface area contributed by atoms with Gasteiger partial charge in [-0.1, -0.05) is 18.2 Å². The lowest BCUT2D eigenvalue weighted by molar-refractivity contribution is 0.0950. The topological polar surface area (TPSA) is 97.4 Å². The Morgan fingerprint density at radius 3 is 2.33 bits per heavy atom. The summed E-state index contributed by atoms with van der Waals surface area (Å²) in [6.07, 6.45) is 1.70. The van der Waals surface area contributed by atoms with Crippen molar-refractivity contribution in [2.45, 2.75) is 25.3 Å². The van der Waals surface area contributed by atoms with Crippen LogP contribution in [0.4, 0.5) is 5.69 Å². The molecule has 0 aliphatic heterocycles. The summed E-state index contributed by atoms with van der Waals surface area (Å²) in [6, 6.07) is 14.4. The van der Waals surface area contributed by atoms with Crippen LogP contribution in [0.1, 0.15) is 27.2 Å². The maximum Gasteiger partial charge on any atom is 0.261 e. The summed E-state index contributed by atoms with van der Waals surface area (Å²) in [5.41, 5.74) is 3.32. The molecule has 1 aromatic heterocycles. The number of aryl methyl sites for hydroxylation is 1. The zero-order chi connectivity index (χ0) is 21.7. The highest BCUT2D eigenvalue weighted by molar-refractivity contribution is 7.92. The zero-order valence-corrected chi connectivity index (χ0v) is 17.8. The van der Waals surface area contributed by atoms with Gasteiger partial charge in [-0.05, 0) is 50.2 Å². The summed E-state index contributed by atoms with van der Waals surface area (Å²) in [6.45, 7) is 4.03. The van der Waals surface area contributed by atoms with Gasteiger partial charge in [0, 0.05) is 28.6 Å². The van der Waals surface area contributed by atoms with E-state index in [2.05, 4.69) is 15.0 Å². The van der Waals surface area contributed by atoms with Crippen LogP contribution in [0.25, 0.3) is 0 Å². The van der Waals surface area contributed by atoms with Crippen molar-refractivity contribution in [3.8, 4) is 5.75 Å². The van der Waals surface area contributed by atoms with Gasteiger partial charge < -0.3 is 10.1 Å². The molecule has 0 aliphatic rings. The highest BCUT2D eigenvalue weighted by atomic mass is 32.2. The summed E-state index contributed by atoms with van der Waals surface area (Å²) in [7, 11) is -2.14. The number of nitrogens with zero attached hydrogens (tertiary/aromatic N) is 1. The number of hydrogen-bond donors (Lipinski definition) is 2. The average Bonchev–Trinajstić information content (AvgIpc) is 2.74. The molecule has 3 aromatic rings. The summed E-state index contributed by atoms with van der Waals surface area (Å²) < 4.78 is 32.9. The van der Waals surface area contributed by atoms with E-state index in [1.54, 1.807) is 43.6 Å². The Morgan fingerprint density at radius 2 is 1.70 bits per heavy atom. The molecule has 0 saturated heterocycles. The number of carbonyl (C=O) groups excluding carboxylic acids is 1. The number of pyridine rings is 1. The van der Waals surface area contributed by atoms with E-state index in [-0.39, 0.29) is 17.3 Å². The minimum absolute atomic E-state index is 0.0729. The van der Waals surface area contributed by atoms with Gasteiger partial charge in [-0.2, -0.15) is 0 Å². The fourth-order valence-corrected chi connectivity index (χ4v) is 4.08. The molecule has 1 amide bonds. The Kier molecular flexibility index (Phi) is 6.37. The van der Waals surface area contributed by atoms with E-state index >= 15 is 0 Å². The lowest BCUT2D eigenvalue weighted by atomic mass is 10.1. The number of benzene rings is 2. The van der Waals surface area contributed by atoms with Gasteiger partial charge in [0.25, 0.3) is 15.9 Å². The van der Waals surface area contributed by atoms with Gasteiger partial charge in [-0.25, -0.2) is 8.42 Å².